The lowest BCUT2D eigenvalue weighted by Crippen LogP contribution is -2.31. The fraction of sp³-hybridized carbons (Fsp3) is 0.833. The zero-order valence-corrected chi connectivity index (χ0v) is 5.77. The predicted molar refractivity (Wildman–Crippen MR) is 34.2 cm³/mol. The number of hydrogen-bond acceptors (Lipinski definition) is 2. The first kappa shape index (κ1) is 7.92. The summed E-state index contributed by atoms with van der Waals surface area (Å²) in [4.78, 5) is 0. The molecule has 1 unspecified atom stereocenters. The van der Waals surface area contributed by atoms with E-state index in [9.17, 15) is 0 Å². The average molecular weight is 116 g/mol. The van der Waals surface area contributed by atoms with Crippen LogP contribution in [-0.2, 0) is 4.74 Å². The molecule has 2 nitrogen and oxygen atoms in total. The van der Waals surface area contributed by atoms with Crippen molar-refractivity contribution in [1.82, 2.24) is 0 Å². The van der Waals surface area contributed by atoms with E-state index in [1.54, 1.807) is 6.92 Å². The van der Waals surface area contributed by atoms with Crippen LogP contribution < -0.4 is 5.73 Å². The van der Waals surface area contributed by atoms with Gasteiger partial charge in [0.05, 0.1) is 5.60 Å². The molecule has 0 aromatic rings. The maximum atomic E-state index is 5.32. The molecule has 0 aromatic carbocycles. The Morgan fingerprint density at radius 2 is 2.00 bits per heavy atom. The summed E-state index contributed by atoms with van der Waals surface area (Å²) >= 11 is 0. The quantitative estimate of drug-likeness (QED) is 0.544. The molecule has 8 heavy (non-hydrogen) atoms. The van der Waals surface area contributed by atoms with Crippen molar-refractivity contribution in [2.45, 2.75) is 32.6 Å². The van der Waals surface area contributed by atoms with Crippen molar-refractivity contribution in [3.63, 3.8) is 0 Å². The summed E-state index contributed by atoms with van der Waals surface area (Å²) in [6.07, 6.45) is -0.220. The van der Waals surface area contributed by atoms with Gasteiger partial charge in [0, 0.05) is 0 Å². The first-order chi connectivity index (χ1) is 3.42. The van der Waals surface area contributed by atoms with E-state index in [4.69, 9.17) is 10.5 Å². The summed E-state index contributed by atoms with van der Waals surface area (Å²) in [6, 6.07) is 0. The summed E-state index contributed by atoms with van der Waals surface area (Å²) in [5.41, 5.74) is 4.96. The van der Waals surface area contributed by atoms with Gasteiger partial charge >= 0.3 is 0 Å². The zero-order valence-electron chi connectivity index (χ0n) is 5.77. The van der Waals surface area contributed by atoms with Crippen molar-refractivity contribution >= 4 is 0 Å². The van der Waals surface area contributed by atoms with Crippen LogP contribution in [0.25, 0.3) is 0 Å². The fourth-order valence-corrected chi connectivity index (χ4v) is 0.503. The van der Waals surface area contributed by atoms with Gasteiger partial charge in [-0.1, -0.05) is 0 Å². The molecule has 0 aliphatic carbocycles. The highest BCUT2D eigenvalue weighted by atomic mass is 16.5. The number of hydrogen-bond donors (Lipinski definition) is 1. The lowest BCUT2D eigenvalue weighted by atomic mass is 10.2. The van der Waals surface area contributed by atoms with Gasteiger partial charge in [0.1, 0.15) is 6.23 Å². The van der Waals surface area contributed by atoms with Crippen LogP contribution in [0.15, 0.2) is 0 Å². The van der Waals surface area contributed by atoms with Gasteiger partial charge in [-0.25, -0.2) is 0 Å². The monoisotopic (exact) mass is 116 g/mol. The second-order valence-corrected chi connectivity index (χ2v) is 2.58. The average Bonchev–Trinajstić information content (AvgIpc) is 1.21. The highest BCUT2D eigenvalue weighted by Gasteiger charge is 2.11. The number of nitrogens with two attached hydrogens (primary N) is 1. The van der Waals surface area contributed by atoms with Crippen LogP contribution in [0.1, 0.15) is 20.8 Å². The lowest BCUT2D eigenvalue weighted by molar-refractivity contribution is -0.0305. The van der Waals surface area contributed by atoms with Crippen LogP contribution in [0.3, 0.4) is 0 Å². The third kappa shape index (κ3) is 5.92. The fourth-order valence-electron chi connectivity index (χ4n) is 0.503. The van der Waals surface area contributed by atoms with E-state index in [-0.39, 0.29) is 11.8 Å². The topological polar surface area (TPSA) is 35.2 Å². The molecule has 2 N–H and O–H groups in total. The molecule has 2 heteroatoms. The van der Waals surface area contributed by atoms with Gasteiger partial charge in [-0.15, -0.1) is 0 Å². The minimum Gasteiger partial charge on any atom is -0.358 e. The molecule has 1 radical (unpaired) electrons. The maximum absolute atomic E-state index is 5.32. The van der Waals surface area contributed by atoms with E-state index in [2.05, 4.69) is 6.92 Å². The number of rotatable bonds is 2. The Morgan fingerprint density at radius 1 is 1.62 bits per heavy atom. The van der Waals surface area contributed by atoms with Crippen molar-refractivity contribution in [1.29, 1.82) is 0 Å². The highest BCUT2D eigenvalue weighted by molar-refractivity contribution is 4.70. The van der Waals surface area contributed by atoms with Gasteiger partial charge in [0.2, 0.25) is 0 Å². The van der Waals surface area contributed by atoms with Gasteiger partial charge in [0.15, 0.2) is 0 Å². The largest absolute Gasteiger partial charge is 0.358 e. The Hall–Kier alpha value is -0.0800. The van der Waals surface area contributed by atoms with Crippen molar-refractivity contribution in [3.8, 4) is 0 Å². The molecular formula is C6H14NO. The van der Waals surface area contributed by atoms with Gasteiger partial charge in [-0.2, -0.15) is 0 Å². The van der Waals surface area contributed by atoms with Crippen LogP contribution in [-0.4, -0.2) is 11.8 Å². The summed E-state index contributed by atoms with van der Waals surface area (Å²) < 4.78 is 5.10. The SMILES string of the molecule is [CH2]C(C)(C)OC(C)N. The minimum absolute atomic E-state index is 0.220. The predicted octanol–water partition coefficient (Wildman–Crippen LogP) is 0.920. The Labute approximate surface area is 51.0 Å². The molecular weight excluding hydrogens is 102 g/mol. The van der Waals surface area contributed by atoms with Crippen molar-refractivity contribution in [2.24, 2.45) is 5.73 Å². The smallest absolute Gasteiger partial charge is 0.103 e. The Kier molecular flexibility index (Phi) is 2.44. The van der Waals surface area contributed by atoms with E-state index in [1.807, 2.05) is 13.8 Å². The van der Waals surface area contributed by atoms with Gasteiger partial charge in [0.25, 0.3) is 0 Å². The summed E-state index contributed by atoms with van der Waals surface area (Å²) in [6.45, 7) is 9.24. The first-order valence-electron chi connectivity index (χ1n) is 2.70. The van der Waals surface area contributed by atoms with Crippen LogP contribution in [0.2, 0.25) is 0 Å². The van der Waals surface area contributed by atoms with Crippen molar-refractivity contribution < 1.29 is 4.74 Å². The molecule has 49 valence electrons. The zero-order chi connectivity index (χ0) is 6.78. The molecule has 0 saturated heterocycles. The van der Waals surface area contributed by atoms with Crippen LogP contribution in [0.4, 0.5) is 0 Å². The molecule has 0 bridgehead atoms. The van der Waals surface area contributed by atoms with Crippen molar-refractivity contribution in [2.75, 3.05) is 0 Å². The van der Waals surface area contributed by atoms with E-state index < -0.39 is 0 Å². The lowest BCUT2D eigenvalue weighted by Gasteiger charge is -2.21. The third-order valence-electron chi connectivity index (χ3n) is 0.505. The molecule has 1 atom stereocenters. The molecule has 0 saturated carbocycles. The molecule has 0 aliphatic heterocycles. The Balaban J connectivity index is 3.39. The van der Waals surface area contributed by atoms with Crippen molar-refractivity contribution in [3.05, 3.63) is 6.92 Å². The van der Waals surface area contributed by atoms with E-state index in [0.717, 1.165) is 0 Å². The molecule has 0 aromatic heterocycles. The minimum atomic E-state index is -0.353. The standard InChI is InChI=1S/C6H14NO/c1-5(7)8-6(2,3)4/h5H,2,7H2,1,3-4H3. The normalized spacial score (nSPS) is 16.1. The van der Waals surface area contributed by atoms with E-state index >= 15 is 0 Å². The van der Waals surface area contributed by atoms with Gasteiger partial charge in [-0.05, 0) is 27.7 Å². The Morgan fingerprint density at radius 3 is 2.00 bits per heavy atom. The van der Waals surface area contributed by atoms with E-state index in [1.165, 1.54) is 0 Å². The highest BCUT2D eigenvalue weighted by Crippen LogP contribution is 2.06. The van der Waals surface area contributed by atoms with Crippen LogP contribution in [0.5, 0.6) is 0 Å². The maximum Gasteiger partial charge on any atom is 0.103 e. The van der Waals surface area contributed by atoms with E-state index in [0.29, 0.717) is 0 Å². The molecule has 0 spiro atoms. The van der Waals surface area contributed by atoms with Crippen LogP contribution in [0, 0.1) is 6.92 Å². The molecule has 0 fully saturated rings. The third-order valence-corrected chi connectivity index (χ3v) is 0.505. The summed E-state index contributed by atoms with van der Waals surface area (Å²) in [5, 5.41) is 0. The molecule has 0 amide bonds. The molecule has 0 aliphatic rings. The molecule has 0 heterocycles. The van der Waals surface area contributed by atoms with Gasteiger partial charge < -0.3 is 10.5 Å². The first-order valence-corrected chi connectivity index (χ1v) is 2.70. The summed E-state index contributed by atoms with van der Waals surface area (Å²) in [7, 11) is 0. The second-order valence-electron chi connectivity index (χ2n) is 2.58. The number of ether oxygens (including phenoxy) is 1. The Bertz CT molecular complexity index is 63.4. The van der Waals surface area contributed by atoms with Crippen LogP contribution >= 0.6 is 0 Å². The second kappa shape index (κ2) is 2.46. The molecule has 0 rings (SSSR count). The van der Waals surface area contributed by atoms with Gasteiger partial charge in [-0.3, -0.25) is 0 Å². The summed E-state index contributed by atoms with van der Waals surface area (Å²) in [5.74, 6) is 0.